The van der Waals surface area contributed by atoms with E-state index in [2.05, 4.69) is 49.5 Å². The Morgan fingerprint density at radius 3 is 2.80 bits per heavy atom. The number of hydrogen-bond donors (Lipinski definition) is 2. The van der Waals surface area contributed by atoms with Gasteiger partial charge in [-0.05, 0) is 61.1 Å². The van der Waals surface area contributed by atoms with Crippen LogP contribution in [0.25, 0.3) is 0 Å². The first-order valence-corrected chi connectivity index (χ1v) is 7.28. The number of rotatable bonds is 3. The molecule has 2 aromatic rings. The summed E-state index contributed by atoms with van der Waals surface area (Å²) in [5.74, 6) is 0.372. The number of fused-ring (bicyclic) bond motifs is 1. The second kappa shape index (κ2) is 5.29. The van der Waals surface area contributed by atoms with Crippen LogP contribution in [-0.4, -0.2) is 5.11 Å². The SMILES string of the molecule is Cc1ccccc1C(C)NC1CCc2cc(O)ccc21. The number of aryl methyl sites for hydroxylation is 2. The van der Waals surface area contributed by atoms with Crippen LogP contribution < -0.4 is 5.32 Å². The number of aromatic hydroxyl groups is 1. The quantitative estimate of drug-likeness (QED) is 0.879. The molecule has 20 heavy (non-hydrogen) atoms. The fraction of sp³-hybridized carbons (Fsp3) is 0.333. The van der Waals surface area contributed by atoms with Gasteiger partial charge in [0.2, 0.25) is 0 Å². The minimum atomic E-state index is 0.334. The third-order valence-electron chi connectivity index (χ3n) is 4.31. The van der Waals surface area contributed by atoms with Gasteiger partial charge in [0, 0.05) is 12.1 Å². The van der Waals surface area contributed by atoms with Gasteiger partial charge >= 0.3 is 0 Å². The van der Waals surface area contributed by atoms with Crippen molar-refractivity contribution in [1.29, 1.82) is 0 Å². The first-order valence-electron chi connectivity index (χ1n) is 7.28. The molecule has 0 aromatic heterocycles. The van der Waals surface area contributed by atoms with Gasteiger partial charge < -0.3 is 10.4 Å². The molecule has 0 aliphatic heterocycles. The van der Waals surface area contributed by atoms with Crippen molar-refractivity contribution in [2.45, 2.75) is 38.8 Å². The smallest absolute Gasteiger partial charge is 0.115 e. The predicted octanol–water partition coefficient (Wildman–Crippen LogP) is 4.04. The number of nitrogens with one attached hydrogen (secondary N) is 1. The fourth-order valence-corrected chi connectivity index (χ4v) is 3.24. The molecule has 0 radical (unpaired) electrons. The Labute approximate surface area is 120 Å². The van der Waals surface area contributed by atoms with Crippen molar-refractivity contribution in [3.8, 4) is 5.75 Å². The molecule has 2 atom stereocenters. The Kier molecular flexibility index (Phi) is 3.49. The molecule has 2 aromatic carbocycles. The number of phenols is 1. The van der Waals surface area contributed by atoms with Crippen molar-refractivity contribution in [2.75, 3.05) is 0 Å². The van der Waals surface area contributed by atoms with Crippen LogP contribution in [0.15, 0.2) is 42.5 Å². The van der Waals surface area contributed by atoms with E-state index in [9.17, 15) is 5.11 Å². The molecule has 0 bridgehead atoms. The van der Waals surface area contributed by atoms with Gasteiger partial charge in [-0.25, -0.2) is 0 Å². The Morgan fingerprint density at radius 1 is 1.20 bits per heavy atom. The molecule has 0 saturated heterocycles. The maximum absolute atomic E-state index is 9.56. The van der Waals surface area contributed by atoms with Crippen LogP contribution in [0, 0.1) is 6.92 Å². The van der Waals surface area contributed by atoms with E-state index < -0.39 is 0 Å². The van der Waals surface area contributed by atoms with Gasteiger partial charge in [0.25, 0.3) is 0 Å². The largest absolute Gasteiger partial charge is 0.508 e. The molecule has 1 aliphatic carbocycles. The highest BCUT2D eigenvalue weighted by Gasteiger charge is 2.24. The molecule has 0 saturated carbocycles. The second-order valence-electron chi connectivity index (χ2n) is 5.72. The average Bonchev–Trinajstić information content (AvgIpc) is 2.81. The minimum Gasteiger partial charge on any atom is -0.508 e. The maximum atomic E-state index is 9.56. The lowest BCUT2D eigenvalue weighted by Crippen LogP contribution is -2.23. The van der Waals surface area contributed by atoms with E-state index in [-0.39, 0.29) is 0 Å². The van der Waals surface area contributed by atoms with Crippen LogP contribution in [0.4, 0.5) is 0 Å². The molecule has 1 aliphatic rings. The van der Waals surface area contributed by atoms with Crippen LogP contribution in [0.3, 0.4) is 0 Å². The van der Waals surface area contributed by atoms with Crippen LogP contribution >= 0.6 is 0 Å². The molecule has 2 nitrogen and oxygen atoms in total. The zero-order chi connectivity index (χ0) is 14.1. The summed E-state index contributed by atoms with van der Waals surface area (Å²) >= 11 is 0. The van der Waals surface area contributed by atoms with Crippen molar-refractivity contribution in [3.05, 3.63) is 64.7 Å². The van der Waals surface area contributed by atoms with Gasteiger partial charge in [0.15, 0.2) is 0 Å². The summed E-state index contributed by atoms with van der Waals surface area (Å²) in [5, 5.41) is 13.3. The van der Waals surface area contributed by atoms with E-state index in [1.807, 2.05) is 6.07 Å². The lowest BCUT2D eigenvalue weighted by molar-refractivity contribution is 0.463. The summed E-state index contributed by atoms with van der Waals surface area (Å²) in [5.41, 5.74) is 5.30. The summed E-state index contributed by atoms with van der Waals surface area (Å²) in [6.45, 7) is 4.38. The van der Waals surface area contributed by atoms with E-state index in [0.29, 0.717) is 17.8 Å². The molecule has 3 rings (SSSR count). The average molecular weight is 267 g/mol. The van der Waals surface area contributed by atoms with E-state index in [4.69, 9.17) is 0 Å². The van der Waals surface area contributed by atoms with Gasteiger partial charge in [-0.15, -0.1) is 0 Å². The third-order valence-corrected chi connectivity index (χ3v) is 4.31. The standard InChI is InChI=1S/C18H21NO/c1-12-5-3-4-6-16(12)13(2)19-18-10-7-14-11-15(20)8-9-17(14)18/h3-6,8-9,11,13,18-20H,7,10H2,1-2H3. The zero-order valence-electron chi connectivity index (χ0n) is 12.1. The van der Waals surface area contributed by atoms with Gasteiger partial charge in [-0.3, -0.25) is 0 Å². The Morgan fingerprint density at radius 2 is 2.00 bits per heavy atom. The molecule has 2 N–H and O–H groups in total. The topological polar surface area (TPSA) is 32.3 Å². The fourth-order valence-electron chi connectivity index (χ4n) is 3.24. The third kappa shape index (κ3) is 2.44. The molecule has 2 heteroatoms. The number of phenolic OH excluding ortho intramolecular Hbond substituents is 1. The van der Waals surface area contributed by atoms with Crippen LogP contribution in [0.1, 0.15) is 47.7 Å². The molecule has 0 amide bonds. The molecule has 0 fully saturated rings. The van der Waals surface area contributed by atoms with Gasteiger partial charge in [0.1, 0.15) is 5.75 Å². The summed E-state index contributed by atoms with van der Waals surface area (Å²) in [6.07, 6.45) is 2.15. The summed E-state index contributed by atoms with van der Waals surface area (Å²) in [6, 6.07) is 15.0. The molecule has 104 valence electrons. The lowest BCUT2D eigenvalue weighted by Gasteiger charge is -2.22. The highest BCUT2D eigenvalue weighted by molar-refractivity contribution is 5.40. The number of benzene rings is 2. The van der Waals surface area contributed by atoms with E-state index in [0.717, 1.165) is 12.8 Å². The van der Waals surface area contributed by atoms with Crippen molar-refractivity contribution in [3.63, 3.8) is 0 Å². The molecule has 0 spiro atoms. The van der Waals surface area contributed by atoms with Crippen LogP contribution in [-0.2, 0) is 6.42 Å². The maximum Gasteiger partial charge on any atom is 0.115 e. The minimum absolute atomic E-state index is 0.334. The summed E-state index contributed by atoms with van der Waals surface area (Å²) < 4.78 is 0. The molecular weight excluding hydrogens is 246 g/mol. The highest BCUT2D eigenvalue weighted by Crippen LogP contribution is 2.35. The van der Waals surface area contributed by atoms with Crippen LogP contribution in [0.5, 0.6) is 5.75 Å². The van der Waals surface area contributed by atoms with Gasteiger partial charge in [-0.2, -0.15) is 0 Å². The first kappa shape index (κ1) is 13.2. The summed E-state index contributed by atoms with van der Waals surface area (Å²) in [4.78, 5) is 0. The molecule has 2 unspecified atom stereocenters. The summed E-state index contributed by atoms with van der Waals surface area (Å²) in [7, 11) is 0. The zero-order valence-corrected chi connectivity index (χ0v) is 12.1. The van der Waals surface area contributed by atoms with Gasteiger partial charge in [-0.1, -0.05) is 30.3 Å². The van der Waals surface area contributed by atoms with Crippen molar-refractivity contribution < 1.29 is 5.11 Å². The number of hydrogen-bond acceptors (Lipinski definition) is 2. The van der Waals surface area contributed by atoms with E-state index >= 15 is 0 Å². The van der Waals surface area contributed by atoms with Crippen LogP contribution in [0.2, 0.25) is 0 Å². The van der Waals surface area contributed by atoms with Crippen molar-refractivity contribution in [1.82, 2.24) is 5.32 Å². The Bertz CT molecular complexity index is 621. The highest BCUT2D eigenvalue weighted by atomic mass is 16.3. The Hall–Kier alpha value is -1.80. The van der Waals surface area contributed by atoms with E-state index in [1.54, 1.807) is 6.07 Å². The molecule has 0 heterocycles. The van der Waals surface area contributed by atoms with Gasteiger partial charge in [0.05, 0.1) is 0 Å². The lowest BCUT2D eigenvalue weighted by atomic mass is 10.0. The second-order valence-corrected chi connectivity index (χ2v) is 5.72. The molecular formula is C18H21NO. The normalized spacial score (nSPS) is 18.8. The van der Waals surface area contributed by atoms with E-state index in [1.165, 1.54) is 22.3 Å². The first-order chi connectivity index (χ1) is 9.65. The monoisotopic (exact) mass is 267 g/mol. The van der Waals surface area contributed by atoms with Crippen molar-refractivity contribution >= 4 is 0 Å². The predicted molar refractivity (Wildman–Crippen MR) is 81.9 cm³/mol. The Balaban J connectivity index is 1.79. The van der Waals surface area contributed by atoms with Crippen molar-refractivity contribution in [2.24, 2.45) is 0 Å².